The number of halogens is 2. The van der Waals surface area contributed by atoms with Crippen LogP contribution >= 0.6 is 0 Å². The van der Waals surface area contributed by atoms with E-state index in [0.717, 1.165) is 0 Å². The van der Waals surface area contributed by atoms with Crippen molar-refractivity contribution in [3.8, 4) is 11.3 Å². The van der Waals surface area contributed by atoms with Crippen molar-refractivity contribution in [1.29, 1.82) is 0 Å². The zero-order valence-corrected chi connectivity index (χ0v) is 17.0. The molecule has 0 aliphatic carbocycles. The number of nitrogens with two attached hydrogens (primary N) is 2. The van der Waals surface area contributed by atoms with E-state index < -0.39 is 22.7 Å². The van der Waals surface area contributed by atoms with Gasteiger partial charge >= 0.3 is 5.76 Å². The third-order valence-corrected chi connectivity index (χ3v) is 4.48. The van der Waals surface area contributed by atoms with Crippen LogP contribution in [0.15, 0.2) is 42.5 Å². The number of aromatic nitrogens is 3. The van der Waals surface area contributed by atoms with Crippen LogP contribution in [0.25, 0.3) is 11.3 Å². The van der Waals surface area contributed by atoms with Crippen LogP contribution in [0.3, 0.4) is 0 Å². The molecular weight excluding hydrogens is 432 g/mol. The molecule has 3 aromatic rings. The molecule has 2 aromatic heterocycles. The van der Waals surface area contributed by atoms with E-state index in [4.69, 9.17) is 5.73 Å². The summed E-state index contributed by atoms with van der Waals surface area (Å²) in [7, 11) is -1.01. The maximum atomic E-state index is 12.4. The van der Waals surface area contributed by atoms with Crippen LogP contribution in [0, 0.1) is 0 Å². The van der Waals surface area contributed by atoms with Crippen molar-refractivity contribution in [3.63, 3.8) is 0 Å². The van der Waals surface area contributed by atoms with Crippen molar-refractivity contribution < 1.29 is 22.6 Å². The molecule has 0 saturated heterocycles. The Morgan fingerprint density at radius 3 is 2.45 bits per heavy atom. The molecule has 31 heavy (non-hydrogen) atoms. The van der Waals surface area contributed by atoms with Gasteiger partial charge in [0.15, 0.2) is 23.1 Å². The average Bonchev–Trinajstić information content (AvgIpc) is 3.18. The van der Waals surface area contributed by atoms with Crippen LogP contribution in [0.2, 0.25) is 0 Å². The summed E-state index contributed by atoms with van der Waals surface area (Å²) in [6, 6.07) is 10.5. The standard InChI is InChI=1S/C17H14F2N6O3S.CH5N/c18-17(19)29(28)25-10-6-4-9(5-7-10)14-11(8-26)16(24-23-14)22-13-3-1-2-12(21-13)15(20)27;1-2/h1-8,17,25H,(H2,20,27)(H2,21,22,23,24);2H2,1H3. The maximum absolute atomic E-state index is 12.4. The van der Waals surface area contributed by atoms with Crippen molar-refractivity contribution in [2.24, 2.45) is 11.5 Å². The molecular formula is C18H19F2N7O3S. The lowest BCUT2D eigenvalue weighted by molar-refractivity contribution is 0.0995. The number of hydrogen-bond donors (Lipinski definition) is 5. The van der Waals surface area contributed by atoms with Crippen LogP contribution in [0.4, 0.5) is 26.1 Å². The Bertz CT molecular complexity index is 1070. The first-order valence-electron chi connectivity index (χ1n) is 8.60. The molecule has 1 unspecified atom stereocenters. The minimum absolute atomic E-state index is 0.0442. The number of alkyl halides is 2. The molecule has 0 saturated carbocycles. The van der Waals surface area contributed by atoms with Crippen molar-refractivity contribution in [2.75, 3.05) is 17.1 Å². The predicted molar refractivity (Wildman–Crippen MR) is 113 cm³/mol. The average molecular weight is 451 g/mol. The molecule has 0 aliphatic rings. The molecule has 2 heterocycles. The van der Waals surface area contributed by atoms with Gasteiger partial charge in [-0.2, -0.15) is 13.9 Å². The van der Waals surface area contributed by atoms with Gasteiger partial charge in [0.2, 0.25) is 0 Å². The third kappa shape index (κ3) is 5.90. The molecule has 0 fully saturated rings. The van der Waals surface area contributed by atoms with Gasteiger partial charge in [0.05, 0.1) is 11.3 Å². The van der Waals surface area contributed by atoms with E-state index in [2.05, 4.69) is 31.0 Å². The van der Waals surface area contributed by atoms with E-state index in [1.807, 2.05) is 0 Å². The number of hydrogen-bond acceptors (Lipinski definition) is 7. The number of aldehydes is 1. The van der Waals surface area contributed by atoms with Crippen LogP contribution in [0.1, 0.15) is 20.8 Å². The summed E-state index contributed by atoms with van der Waals surface area (Å²) < 4.78 is 38.0. The number of rotatable bonds is 8. The molecule has 1 amide bonds. The molecule has 164 valence electrons. The predicted octanol–water partition coefficient (Wildman–Crippen LogP) is 2.00. The van der Waals surface area contributed by atoms with Gasteiger partial charge in [-0.05, 0) is 31.3 Å². The zero-order chi connectivity index (χ0) is 23.0. The van der Waals surface area contributed by atoms with Crippen LogP contribution in [0.5, 0.6) is 0 Å². The van der Waals surface area contributed by atoms with E-state index >= 15 is 0 Å². The molecule has 0 spiro atoms. The molecule has 0 radical (unpaired) electrons. The smallest absolute Gasteiger partial charge is 0.330 e. The lowest BCUT2D eigenvalue weighted by atomic mass is 10.1. The summed E-state index contributed by atoms with van der Waals surface area (Å²) in [5, 5.41) is 9.58. The molecule has 7 N–H and O–H groups in total. The number of pyridine rings is 1. The van der Waals surface area contributed by atoms with Gasteiger partial charge in [-0.1, -0.05) is 18.2 Å². The monoisotopic (exact) mass is 451 g/mol. The topological polar surface area (TPSA) is 169 Å². The summed E-state index contributed by atoms with van der Waals surface area (Å²) in [5.41, 5.74) is 11.1. The van der Waals surface area contributed by atoms with Gasteiger partial charge in [0.1, 0.15) is 11.5 Å². The largest absolute Gasteiger partial charge is 0.364 e. The normalized spacial score (nSPS) is 11.3. The Labute approximate surface area is 178 Å². The molecule has 0 bridgehead atoms. The first kappa shape index (κ1) is 23.6. The van der Waals surface area contributed by atoms with Gasteiger partial charge < -0.3 is 21.5 Å². The molecule has 1 aromatic carbocycles. The number of amides is 1. The van der Waals surface area contributed by atoms with Crippen LogP contribution in [-0.2, 0) is 11.0 Å². The second-order valence-corrected chi connectivity index (χ2v) is 6.77. The maximum Gasteiger partial charge on any atom is 0.330 e. The Morgan fingerprint density at radius 2 is 1.87 bits per heavy atom. The number of nitrogens with one attached hydrogen (secondary N) is 3. The van der Waals surface area contributed by atoms with Gasteiger partial charge in [-0.3, -0.25) is 14.7 Å². The summed E-state index contributed by atoms with van der Waals surface area (Å²) in [4.78, 5) is 26.9. The fourth-order valence-corrected chi connectivity index (χ4v) is 2.87. The zero-order valence-electron chi connectivity index (χ0n) is 16.1. The minimum atomic E-state index is -3.01. The lowest BCUT2D eigenvalue weighted by Crippen LogP contribution is -2.13. The minimum Gasteiger partial charge on any atom is -0.364 e. The van der Waals surface area contributed by atoms with E-state index in [1.165, 1.54) is 25.2 Å². The Balaban J connectivity index is 0.00000166. The number of H-pyrrole nitrogens is 1. The van der Waals surface area contributed by atoms with E-state index in [-0.39, 0.29) is 28.6 Å². The third-order valence-electron chi connectivity index (χ3n) is 3.72. The Kier molecular flexibility index (Phi) is 8.28. The summed E-state index contributed by atoms with van der Waals surface area (Å²) in [6.07, 6.45) is 0.580. The number of nitrogens with zero attached hydrogens (tertiary/aromatic N) is 2. The highest BCUT2D eigenvalue weighted by Crippen LogP contribution is 2.28. The number of carbonyl (C=O) groups is 2. The number of anilines is 3. The number of primary amides is 1. The summed E-state index contributed by atoms with van der Waals surface area (Å²) in [5.74, 6) is -3.28. The lowest BCUT2D eigenvalue weighted by Gasteiger charge is -2.06. The summed E-state index contributed by atoms with van der Waals surface area (Å²) >= 11 is 0. The van der Waals surface area contributed by atoms with Gasteiger partial charge in [-0.15, -0.1) is 0 Å². The number of aromatic amines is 1. The van der Waals surface area contributed by atoms with Crippen molar-refractivity contribution in [3.05, 3.63) is 53.7 Å². The van der Waals surface area contributed by atoms with Crippen molar-refractivity contribution in [2.45, 2.75) is 5.76 Å². The molecule has 1 atom stereocenters. The second kappa shape index (κ2) is 10.9. The highest BCUT2D eigenvalue weighted by Gasteiger charge is 2.16. The van der Waals surface area contributed by atoms with Gasteiger partial charge in [0, 0.05) is 11.3 Å². The van der Waals surface area contributed by atoms with E-state index in [9.17, 15) is 22.6 Å². The second-order valence-electron chi connectivity index (χ2n) is 5.61. The molecule has 10 nitrogen and oxygen atoms in total. The number of benzene rings is 1. The SMILES string of the molecule is CN.NC(=O)c1cccc(Nc2n[nH]c(-c3ccc(NS(=O)C(F)F)cc3)c2C=O)n1. The fourth-order valence-electron chi connectivity index (χ4n) is 2.41. The highest BCUT2D eigenvalue weighted by molar-refractivity contribution is 7.86. The Morgan fingerprint density at radius 1 is 1.19 bits per heavy atom. The highest BCUT2D eigenvalue weighted by atomic mass is 32.2. The van der Waals surface area contributed by atoms with Crippen molar-refractivity contribution in [1.82, 2.24) is 15.2 Å². The fraction of sp³-hybridized carbons (Fsp3) is 0.111. The van der Waals surface area contributed by atoms with Crippen LogP contribution < -0.4 is 21.5 Å². The molecule has 0 aliphatic heterocycles. The van der Waals surface area contributed by atoms with E-state index in [1.54, 1.807) is 24.3 Å². The molecule has 13 heteroatoms. The van der Waals surface area contributed by atoms with E-state index in [0.29, 0.717) is 17.5 Å². The number of carbonyl (C=O) groups excluding carboxylic acids is 2. The van der Waals surface area contributed by atoms with Gasteiger partial charge in [-0.25, -0.2) is 9.19 Å². The van der Waals surface area contributed by atoms with Crippen LogP contribution in [-0.4, -0.2) is 44.4 Å². The summed E-state index contributed by atoms with van der Waals surface area (Å²) in [6.45, 7) is 0. The van der Waals surface area contributed by atoms with Crippen molar-refractivity contribution >= 4 is 40.5 Å². The van der Waals surface area contributed by atoms with Gasteiger partial charge in [0.25, 0.3) is 5.91 Å². The quantitative estimate of drug-likeness (QED) is 0.326. The first-order valence-corrected chi connectivity index (χ1v) is 9.81. The first-order chi connectivity index (χ1) is 14.9. The molecule has 3 rings (SSSR count). The Hall–Kier alpha value is -3.71.